The summed E-state index contributed by atoms with van der Waals surface area (Å²) in [6.07, 6.45) is 3.41. The molecule has 37 heavy (non-hydrogen) atoms. The van der Waals surface area contributed by atoms with Gasteiger partial charge in [-0.05, 0) is 50.2 Å². The molecule has 0 spiro atoms. The van der Waals surface area contributed by atoms with Crippen LogP contribution in [0.2, 0.25) is 0 Å². The van der Waals surface area contributed by atoms with Gasteiger partial charge in [0, 0.05) is 25.7 Å². The number of rotatable bonds is 19. The van der Waals surface area contributed by atoms with Crippen molar-refractivity contribution in [3.63, 3.8) is 0 Å². The van der Waals surface area contributed by atoms with Crippen LogP contribution in [0.25, 0.3) is 0 Å². The molecule has 1 unspecified atom stereocenters. The van der Waals surface area contributed by atoms with E-state index >= 15 is 0 Å². The summed E-state index contributed by atoms with van der Waals surface area (Å²) in [5, 5.41) is 48.7. The molecule has 14 nitrogen and oxygen atoms in total. The number of carboxylic acids is 5. The number of nitrogens with zero attached hydrogens (tertiary/aromatic N) is 4. The minimum absolute atomic E-state index is 0.00113. The molecule has 0 heterocycles. The molecule has 0 aliphatic heterocycles. The molecule has 0 aromatic rings. The molecule has 5 N–H and O–H groups in total. The molecule has 0 aromatic carbocycles. The Morgan fingerprint density at radius 2 is 1.16 bits per heavy atom. The number of hydrogen-bond donors (Lipinski definition) is 5. The summed E-state index contributed by atoms with van der Waals surface area (Å²) in [5.74, 6) is -6.02. The molecule has 0 aromatic heterocycles. The third-order valence-corrected chi connectivity index (χ3v) is 6.23. The van der Waals surface area contributed by atoms with Crippen LogP contribution in [0.4, 0.5) is 0 Å². The van der Waals surface area contributed by atoms with E-state index in [1.807, 2.05) is 0 Å². The van der Waals surface area contributed by atoms with Crippen molar-refractivity contribution in [2.75, 3.05) is 52.4 Å². The summed E-state index contributed by atoms with van der Waals surface area (Å²) in [6, 6.07) is -0.575. The fourth-order valence-electron chi connectivity index (χ4n) is 4.57. The van der Waals surface area contributed by atoms with Gasteiger partial charge in [-0.1, -0.05) is 0 Å². The predicted octanol–water partition coefficient (Wildman–Crippen LogP) is -0.264. The van der Waals surface area contributed by atoms with Crippen LogP contribution >= 0.6 is 12.2 Å². The van der Waals surface area contributed by atoms with Gasteiger partial charge in [0.25, 0.3) is 0 Å². The number of aliphatic carboxylic acids is 5. The van der Waals surface area contributed by atoms with Crippen LogP contribution in [-0.4, -0.2) is 140 Å². The lowest BCUT2D eigenvalue weighted by atomic mass is 9.82. The van der Waals surface area contributed by atoms with Gasteiger partial charge in [-0.25, -0.2) is 4.99 Å². The Hall–Kier alpha value is -2.97. The van der Waals surface area contributed by atoms with Gasteiger partial charge >= 0.3 is 29.8 Å². The van der Waals surface area contributed by atoms with E-state index < -0.39 is 68.6 Å². The van der Waals surface area contributed by atoms with Gasteiger partial charge in [0.05, 0.1) is 43.9 Å². The summed E-state index contributed by atoms with van der Waals surface area (Å²) in [6.45, 7) is -2.82. The van der Waals surface area contributed by atoms with Gasteiger partial charge in [-0.15, -0.1) is 0 Å². The molecule has 15 heteroatoms. The minimum Gasteiger partial charge on any atom is -0.480 e. The highest BCUT2D eigenvalue weighted by Crippen LogP contribution is 2.30. The molecular formula is C22H34N4O10S. The maximum Gasteiger partial charge on any atom is 0.317 e. The first-order valence-corrected chi connectivity index (χ1v) is 12.1. The Morgan fingerprint density at radius 1 is 0.730 bits per heavy atom. The average molecular weight is 547 g/mol. The van der Waals surface area contributed by atoms with Crippen LogP contribution in [0.5, 0.6) is 0 Å². The Balaban J connectivity index is 3.10. The Morgan fingerprint density at radius 3 is 1.59 bits per heavy atom. The van der Waals surface area contributed by atoms with E-state index in [9.17, 15) is 39.3 Å². The van der Waals surface area contributed by atoms with Crippen LogP contribution in [0.3, 0.4) is 0 Å². The Kier molecular flexibility index (Phi) is 14.5. The van der Waals surface area contributed by atoms with Crippen molar-refractivity contribution in [1.82, 2.24) is 14.7 Å². The summed E-state index contributed by atoms with van der Waals surface area (Å²) in [5.41, 5.74) is 0. The van der Waals surface area contributed by atoms with Gasteiger partial charge in [0.2, 0.25) is 0 Å². The summed E-state index contributed by atoms with van der Waals surface area (Å²) in [7, 11) is 0. The standard InChI is InChI=1S/C22H34N4O10S/c27-18(28)9-24(5-6-25(10-19(29)30)11-20(31)32)8-17(26(12-21(33)34)13-22(35)36)7-15-1-3-16(4-2-15)23-14-37/h15-17H,1-13H2,(H,27,28)(H,29,30)(H,31,32)(H,33,34)(H,35,36). The van der Waals surface area contributed by atoms with E-state index in [-0.39, 0.29) is 31.6 Å². The Bertz CT molecular complexity index is 826. The van der Waals surface area contributed by atoms with Crippen LogP contribution in [-0.2, 0) is 24.0 Å². The lowest BCUT2D eigenvalue weighted by Gasteiger charge is -2.37. The highest BCUT2D eigenvalue weighted by molar-refractivity contribution is 7.78. The fourth-order valence-corrected chi connectivity index (χ4v) is 4.72. The Labute approximate surface area is 219 Å². The van der Waals surface area contributed by atoms with Gasteiger partial charge in [0.1, 0.15) is 0 Å². The van der Waals surface area contributed by atoms with E-state index in [4.69, 9.17) is 10.2 Å². The van der Waals surface area contributed by atoms with Gasteiger partial charge in [0.15, 0.2) is 0 Å². The average Bonchev–Trinajstić information content (AvgIpc) is 2.76. The van der Waals surface area contributed by atoms with Gasteiger partial charge in [-0.3, -0.25) is 38.7 Å². The molecule has 1 atom stereocenters. The van der Waals surface area contributed by atoms with E-state index in [1.165, 1.54) is 9.80 Å². The molecule has 208 valence electrons. The molecule has 1 aliphatic carbocycles. The molecular weight excluding hydrogens is 512 g/mol. The highest BCUT2D eigenvalue weighted by atomic mass is 32.1. The summed E-state index contributed by atoms with van der Waals surface area (Å²) >= 11 is 4.66. The first kappa shape index (κ1) is 32.1. The number of carbonyl (C=O) groups is 5. The molecule has 1 rings (SSSR count). The largest absolute Gasteiger partial charge is 0.480 e. The van der Waals surface area contributed by atoms with Crippen LogP contribution in [0.1, 0.15) is 32.1 Å². The summed E-state index contributed by atoms with van der Waals surface area (Å²) < 4.78 is 0. The van der Waals surface area contributed by atoms with E-state index in [0.29, 0.717) is 6.42 Å². The maximum atomic E-state index is 11.5. The molecule has 0 saturated heterocycles. The third-order valence-electron chi connectivity index (χ3n) is 6.13. The fraction of sp³-hybridized carbons (Fsp3) is 0.727. The number of aliphatic imine (C=N–C) groups is 1. The van der Waals surface area contributed by atoms with Crippen molar-refractivity contribution in [2.45, 2.75) is 44.2 Å². The molecule has 0 radical (unpaired) electrons. The first-order valence-electron chi connectivity index (χ1n) is 11.7. The second-order valence-electron chi connectivity index (χ2n) is 9.10. The van der Waals surface area contributed by atoms with Crippen molar-refractivity contribution >= 4 is 47.2 Å². The van der Waals surface area contributed by atoms with Gasteiger partial charge < -0.3 is 25.5 Å². The zero-order chi connectivity index (χ0) is 28.0. The quantitative estimate of drug-likeness (QED) is 0.104. The highest BCUT2D eigenvalue weighted by Gasteiger charge is 2.31. The number of thiocarbonyl (C=S) groups is 1. The summed E-state index contributed by atoms with van der Waals surface area (Å²) in [4.78, 5) is 64.7. The third kappa shape index (κ3) is 14.4. The maximum absolute atomic E-state index is 11.5. The molecule has 1 fully saturated rings. The lowest BCUT2D eigenvalue weighted by Crippen LogP contribution is -2.51. The van der Waals surface area contributed by atoms with E-state index in [2.05, 4.69) is 22.4 Å². The van der Waals surface area contributed by atoms with Crippen molar-refractivity contribution in [1.29, 1.82) is 0 Å². The monoisotopic (exact) mass is 546 g/mol. The molecule has 1 saturated carbocycles. The molecule has 1 aliphatic rings. The molecule has 0 amide bonds. The van der Waals surface area contributed by atoms with E-state index in [1.54, 1.807) is 0 Å². The predicted molar refractivity (Wildman–Crippen MR) is 132 cm³/mol. The zero-order valence-electron chi connectivity index (χ0n) is 20.4. The normalized spacial score (nSPS) is 18.4. The van der Waals surface area contributed by atoms with Crippen molar-refractivity contribution < 1.29 is 49.5 Å². The topological polar surface area (TPSA) is 209 Å². The molecule has 0 bridgehead atoms. The number of hydrogen-bond acceptors (Lipinski definition) is 10. The van der Waals surface area contributed by atoms with Crippen LogP contribution < -0.4 is 0 Å². The smallest absolute Gasteiger partial charge is 0.317 e. The van der Waals surface area contributed by atoms with Crippen LogP contribution in [0, 0.1) is 5.92 Å². The van der Waals surface area contributed by atoms with Crippen molar-refractivity contribution in [3.05, 3.63) is 0 Å². The zero-order valence-corrected chi connectivity index (χ0v) is 21.2. The van der Waals surface area contributed by atoms with E-state index in [0.717, 1.165) is 30.6 Å². The van der Waals surface area contributed by atoms with Crippen molar-refractivity contribution in [3.8, 4) is 0 Å². The second-order valence-corrected chi connectivity index (χ2v) is 9.29. The number of carboxylic acid groups (broad SMARTS) is 5. The SMILES string of the molecule is O=C(O)CN(CCN(CC(=O)O)CC(CC1CCC(N=C=S)CC1)N(CC(=O)O)CC(=O)O)CC(=O)O. The van der Waals surface area contributed by atoms with Crippen molar-refractivity contribution in [2.24, 2.45) is 10.9 Å². The lowest BCUT2D eigenvalue weighted by molar-refractivity contribution is -0.144. The second kappa shape index (κ2) is 16.7. The minimum atomic E-state index is -1.24. The van der Waals surface area contributed by atoms with Gasteiger partial charge in [-0.2, -0.15) is 0 Å². The van der Waals surface area contributed by atoms with Crippen LogP contribution in [0.15, 0.2) is 4.99 Å². The first-order chi connectivity index (χ1) is 17.4. The number of isothiocyanates is 1.